The Labute approximate surface area is 143 Å². The van der Waals surface area contributed by atoms with Crippen molar-refractivity contribution in [2.75, 3.05) is 13.7 Å². The first kappa shape index (κ1) is 21.2. The number of ether oxygens (including phenoxy) is 2. The molecule has 0 aliphatic heterocycles. The molecule has 0 radical (unpaired) electrons. The van der Waals surface area contributed by atoms with Crippen molar-refractivity contribution in [3.8, 4) is 5.75 Å². The van der Waals surface area contributed by atoms with E-state index < -0.39 is 12.0 Å². The Hall–Kier alpha value is -1.79. The third kappa shape index (κ3) is 7.34. The zero-order valence-electron chi connectivity index (χ0n) is 13.7. The molecule has 1 aromatic rings. The molecule has 1 amide bonds. The summed E-state index contributed by atoms with van der Waals surface area (Å²) in [5.74, 6) is 0.0616. The molecule has 0 saturated carbocycles. The molecule has 3 N–H and O–H groups in total. The SMILES string of the molecule is CCC(C)C(N)C(=O)NCc1cccc(OCC(=O)OC)c1.Cl. The lowest BCUT2D eigenvalue weighted by Crippen LogP contribution is -2.44. The lowest BCUT2D eigenvalue weighted by atomic mass is 9.99. The zero-order valence-corrected chi connectivity index (χ0v) is 14.5. The van der Waals surface area contributed by atoms with Crippen LogP contribution < -0.4 is 15.8 Å². The van der Waals surface area contributed by atoms with E-state index in [9.17, 15) is 9.59 Å². The van der Waals surface area contributed by atoms with E-state index in [1.165, 1.54) is 7.11 Å². The van der Waals surface area contributed by atoms with Crippen LogP contribution in [-0.4, -0.2) is 31.6 Å². The van der Waals surface area contributed by atoms with E-state index in [0.29, 0.717) is 12.3 Å². The molecule has 0 aromatic heterocycles. The fourth-order valence-corrected chi connectivity index (χ4v) is 1.77. The van der Waals surface area contributed by atoms with E-state index in [0.717, 1.165) is 12.0 Å². The summed E-state index contributed by atoms with van der Waals surface area (Å²) in [6, 6.07) is 6.64. The highest BCUT2D eigenvalue weighted by atomic mass is 35.5. The number of nitrogens with two attached hydrogens (primary N) is 1. The number of benzene rings is 1. The van der Waals surface area contributed by atoms with Gasteiger partial charge in [0.15, 0.2) is 6.61 Å². The van der Waals surface area contributed by atoms with Crippen LogP contribution in [0.4, 0.5) is 0 Å². The topological polar surface area (TPSA) is 90.7 Å². The quantitative estimate of drug-likeness (QED) is 0.700. The molecule has 0 bridgehead atoms. The molecule has 2 unspecified atom stereocenters. The van der Waals surface area contributed by atoms with Gasteiger partial charge in [-0.25, -0.2) is 4.79 Å². The van der Waals surface area contributed by atoms with Crippen molar-refractivity contribution < 1.29 is 19.1 Å². The molecule has 23 heavy (non-hydrogen) atoms. The van der Waals surface area contributed by atoms with E-state index in [1.54, 1.807) is 18.2 Å². The molecule has 0 saturated heterocycles. The number of nitrogens with one attached hydrogen (secondary N) is 1. The van der Waals surface area contributed by atoms with E-state index in [2.05, 4.69) is 10.1 Å². The number of carbonyl (C=O) groups is 2. The van der Waals surface area contributed by atoms with Crippen molar-refractivity contribution in [1.29, 1.82) is 0 Å². The predicted molar refractivity (Wildman–Crippen MR) is 90.5 cm³/mol. The van der Waals surface area contributed by atoms with Gasteiger partial charge >= 0.3 is 5.97 Å². The monoisotopic (exact) mass is 344 g/mol. The van der Waals surface area contributed by atoms with Gasteiger partial charge in [-0.15, -0.1) is 12.4 Å². The number of esters is 1. The normalized spacial score (nSPS) is 12.5. The maximum atomic E-state index is 11.9. The van der Waals surface area contributed by atoms with E-state index >= 15 is 0 Å². The Morgan fingerprint density at radius 3 is 2.65 bits per heavy atom. The number of methoxy groups -OCH3 is 1. The molecule has 1 aromatic carbocycles. The van der Waals surface area contributed by atoms with Crippen molar-refractivity contribution in [1.82, 2.24) is 5.32 Å². The first-order chi connectivity index (χ1) is 10.5. The molecule has 0 aliphatic rings. The fourth-order valence-electron chi connectivity index (χ4n) is 1.77. The molecule has 0 fully saturated rings. The third-order valence-electron chi connectivity index (χ3n) is 3.51. The number of hydrogen-bond acceptors (Lipinski definition) is 5. The fraction of sp³-hybridized carbons (Fsp3) is 0.500. The van der Waals surface area contributed by atoms with Crippen LogP contribution in [0.1, 0.15) is 25.8 Å². The second kappa shape index (κ2) is 10.9. The van der Waals surface area contributed by atoms with Gasteiger partial charge in [0.1, 0.15) is 5.75 Å². The van der Waals surface area contributed by atoms with Gasteiger partial charge in [-0.05, 0) is 23.6 Å². The molecule has 6 nitrogen and oxygen atoms in total. The Kier molecular flexibility index (Phi) is 10.0. The molecule has 0 heterocycles. The maximum absolute atomic E-state index is 11.9. The average molecular weight is 345 g/mol. The highest BCUT2D eigenvalue weighted by molar-refractivity contribution is 5.85. The Morgan fingerprint density at radius 2 is 2.04 bits per heavy atom. The van der Waals surface area contributed by atoms with Gasteiger partial charge in [-0.2, -0.15) is 0 Å². The predicted octanol–water partition coefficient (Wildman–Crippen LogP) is 1.65. The van der Waals surface area contributed by atoms with Gasteiger partial charge in [-0.1, -0.05) is 32.4 Å². The molecule has 130 valence electrons. The molecule has 0 aliphatic carbocycles. The van der Waals surface area contributed by atoms with Crippen LogP contribution in [0.3, 0.4) is 0 Å². The molecular formula is C16H25ClN2O4. The maximum Gasteiger partial charge on any atom is 0.343 e. The number of halogens is 1. The van der Waals surface area contributed by atoms with Gasteiger partial charge < -0.3 is 20.5 Å². The minimum atomic E-state index is -0.510. The zero-order chi connectivity index (χ0) is 16.5. The average Bonchev–Trinajstić information content (AvgIpc) is 2.56. The van der Waals surface area contributed by atoms with Crippen molar-refractivity contribution in [3.05, 3.63) is 29.8 Å². The lowest BCUT2D eigenvalue weighted by molar-refractivity contribution is -0.142. The lowest BCUT2D eigenvalue weighted by Gasteiger charge is -2.17. The minimum absolute atomic E-state index is 0. The van der Waals surface area contributed by atoms with Crippen molar-refractivity contribution in [2.24, 2.45) is 11.7 Å². The molecule has 0 spiro atoms. The van der Waals surface area contributed by atoms with Gasteiger partial charge in [0.05, 0.1) is 13.2 Å². The summed E-state index contributed by atoms with van der Waals surface area (Å²) < 4.78 is 9.80. The largest absolute Gasteiger partial charge is 0.482 e. The first-order valence-corrected chi connectivity index (χ1v) is 7.29. The molecule has 7 heteroatoms. The summed E-state index contributed by atoms with van der Waals surface area (Å²) in [7, 11) is 1.30. The second-order valence-corrected chi connectivity index (χ2v) is 5.14. The number of rotatable bonds is 8. The molecule has 1 rings (SSSR count). The highest BCUT2D eigenvalue weighted by Gasteiger charge is 2.18. The summed E-state index contributed by atoms with van der Waals surface area (Å²) in [6.45, 7) is 4.16. The van der Waals surface area contributed by atoms with Gasteiger partial charge in [0.25, 0.3) is 0 Å². The Morgan fingerprint density at radius 1 is 1.35 bits per heavy atom. The van der Waals surface area contributed by atoms with E-state index in [1.807, 2.05) is 19.9 Å². The summed E-state index contributed by atoms with van der Waals surface area (Å²) >= 11 is 0. The van der Waals surface area contributed by atoms with Gasteiger partial charge in [-0.3, -0.25) is 4.79 Å². The van der Waals surface area contributed by atoms with Crippen LogP contribution in [0.15, 0.2) is 24.3 Å². The third-order valence-corrected chi connectivity index (χ3v) is 3.51. The molecule has 2 atom stereocenters. The summed E-state index contributed by atoms with van der Waals surface area (Å²) in [5.41, 5.74) is 6.74. The van der Waals surface area contributed by atoms with Crippen molar-refractivity contribution in [3.63, 3.8) is 0 Å². The van der Waals surface area contributed by atoms with Gasteiger partial charge in [0.2, 0.25) is 5.91 Å². The van der Waals surface area contributed by atoms with E-state index in [4.69, 9.17) is 10.5 Å². The van der Waals surface area contributed by atoms with Crippen LogP contribution in [0.5, 0.6) is 5.75 Å². The Balaban J connectivity index is 0.00000484. The van der Waals surface area contributed by atoms with Crippen LogP contribution in [0.2, 0.25) is 0 Å². The van der Waals surface area contributed by atoms with E-state index in [-0.39, 0.29) is 30.8 Å². The highest BCUT2D eigenvalue weighted by Crippen LogP contribution is 2.13. The Bertz CT molecular complexity index is 511. The van der Waals surface area contributed by atoms with Crippen LogP contribution >= 0.6 is 12.4 Å². The van der Waals surface area contributed by atoms with Crippen molar-refractivity contribution in [2.45, 2.75) is 32.9 Å². The number of hydrogen-bond donors (Lipinski definition) is 2. The van der Waals surface area contributed by atoms with Crippen LogP contribution in [0, 0.1) is 5.92 Å². The van der Waals surface area contributed by atoms with Gasteiger partial charge in [0, 0.05) is 6.54 Å². The first-order valence-electron chi connectivity index (χ1n) is 7.29. The number of amides is 1. The minimum Gasteiger partial charge on any atom is -0.482 e. The van der Waals surface area contributed by atoms with Crippen LogP contribution in [-0.2, 0) is 20.9 Å². The second-order valence-electron chi connectivity index (χ2n) is 5.14. The van der Waals surface area contributed by atoms with Crippen molar-refractivity contribution >= 4 is 24.3 Å². The molecular weight excluding hydrogens is 320 g/mol. The standard InChI is InChI=1S/C16H24N2O4.ClH/c1-4-11(2)15(17)16(20)18-9-12-6-5-7-13(8-12)22-10-14(19)21-3;/h5-8,11,15H,4,9-10,17H2,1-3H3,(H,18,20);1H. The number of carbonyl (C=O) groups excluding carboxylic acids is 2. The summed E-state index contributed by atoms with van der Waals surface area (Å²) in [4.78, 5) is 23.0. The summed E-state index contributed by atoms with van der Waals surface area (Å²) in [5, 5.41) is 2.81. The smallest absolute Gasteiger partial charge is 0.343 e. The van der Waals surface area contributed by atoms with Crippen LogP contribution in [0.25, 0.3) is 0 Å². The summed E-state index contributed by atoms with van der Waals surface area (Å²) in [6.07, 6.45) is 0.853.